The van der Waals surface area contributed by atoms with Crippen molar-refractivity contribution in [2.75, 3.05) is 11.5 Å². The van der Waals surface area contributed by atoms with Crippen molar-refractivity contribution in [1.29, 1.82) is 0 Å². The smallest absolute Gasteiger partial charge is 0.154 e. The SMILES string of the molecule is O=C/C=C1\CCCS(=O)(=O)C1. The summed E-state index contributed by atoms with van der Waals surface area (Å²) in [5.74, 6) is 0.342. The van der Waals surface area contributed by atoms with E-state index in [0.717, 1.165) is 12.0 Å². The first-order valence-corrected chi connectivity index (χ1v) is 5.30. The van der Waals surface area contributed by atoms with E-state index < -0.39 is 9.84 Å². The van der Waals surface area contributed by atoms with Gasteiger partial charge in [0.25, 0.3) is 0 Å². The van der Waals surface area contributed by atoms with Gasteiger partial charge in [-0.15, -0.1) is 0 Å². The first kappa shape index (κ1) is 8.46. The molecule has 0 bridgehead atoms. The van der Waals surface area contributed by atoms with E-state index in [2.05, 4.69) is 0 Å². The summed E-state index contributed by atoms with van der Waals surface area (Å²) in [6, 6.07) is 0. The molecule has 11 heavy (non-hydrogen) atoms. The van der Waals surface area contributed by atoms with Crippen molar-refractivity contribution in [2.45, 2.75) is 12.8 Å². The van der Waals surface area contributed by atoms with Gasteiger partial charge in [-0.05, 0) is 18.9 Å². The lowest BCUT2D eigenvalue weighted by Crippen LogP contribution is -2.18. The minimum absolute atomic E-state index is 0.0751. The van der Waals surface area contributed by atoms with E-state index in [4.69, 9.17) is 0 Å². The molecule has 1 rings (SSSR count). The third-order valence-corrected chi connectivity index (χ3v) is 3.38. The third kappa shape index (κ3) is 2.46. The molecule has 1 aliphatic heterocycles. The van der Waals surface area contributed by atoms with Gasteiger partial charge in [0.05, 0.1) is 11.5 Å². The zero-order valence-electron chi connectivity index (χ0n) is 6.12. The van der Waals surface area contributed by atoms with Crippen molar-refractivity contribution in [3.8, 4) is 0 Å². The molecule has 1 heterocycles. The number of rotatable bonds is 1. The van der Waals surface area contributed by atoms with Gasteiger partial charge >= 0.3 is 0 Å². The number of allylic oxidation sites excluding steroid dienone is 1. The summed E-state index contributed by atoms with van der Waals surface area (Å²) in [7, 11) is -2.88. The maximum Gasteiger partial charge on any atom is 0.154 e. The van der Waals surface area contributed by atoms with Gasteiger partial charge in [-0.3, -0.25) is 4.79 Å². The molecule has 0 aromatic rings. The minimum atomic E-state index is -2.88. The lowest BCUT2D eigenvalue weighted by molar-refractivity contribution is -0.104. The Bertz CT molecular complexity index is 274. The Kier molecular flexibility index (Phi) is 2.44. The zero-order chi connectivity index (χ0) is 8.32. The lowest BCUT2D eigenvalue weighted by Gasteiger charge is -2.12. The molecule has 0 unspecified atom stereocenters. The second kappa shape index (κ2) is 3.17. The molecule has 0 radical (unpaired) electrons. The van der Waals surface area contributed by atoms with Gasteiger partial charge in [0.1, 0.15) is 6.29 Å². The van der Waals surface area contributed by atoms with Crippen LogP contribution in [0.2, 0.25) is 0 Å². The van der Waals surface area contributed by atoms with Crippen molar-refractivity contribution in [1.82, 2.24) is 0 Å². The van der Waals surface area contributed by atoms with Crippen LogP contribution in [0, 0.1) is 0 Å². The Hall–Kier alpha value is -0.640. The molecule has 62 valence electrons. The molecule has 3 nitrogen and oxygen atoms in total. The summed E-state index contributed by atoms with van der Waals surface area (Å²) in [6.07, 6.45) is 3.41. The summed E-state index contributed by atoms with van der Waals surface area (Å²) in [5.41, 5.74) is 0.742. The van der Waals surface area contributed by atoms with E-state index in [9.17, 15) is 13.2 Å². The van der Waals surface area contributed by atoms with Crippen LogP contribution in [-0.4, -0.2) is 26.2 Å². The molecular weight excluding hydrogens is 164 g/mol. The fraction of sp³-hybridized carbons (Fsp3) is 0.571. The van der Waals surface area contributed by atoms with Gasteiger partial charge < -0.3 is 0 Å². The fourth-order valence-electron chi connectivity index (χ4n) is 1.17. The quantitative estimate of drug-likeness (QED) is 0.425. The molecule has 0 spiro atoms. The normalized spacial score (nSPS) is 26.7. The maximum atomic E-state index is 11.0. The molecular formula is C7H10O3S. The van der Waals surface area contributed by atoms with Crippen LogP contribution in [0.3, 0.4) is 0 Å². The highest BCUT2D eigenvalue weighted by Gasteiger charge is 2.18. The van der Waals surface area contributed by atoms with Gasteiger partial charge in [0.2, 0.25) is 0 Å². The highest BCUT2D eigenvalue weighted by atomic mass is 32.2. The maximum absolute atomic E-state index is 11.0. The Morgan fingerprint density at radius 2 is 2.09 bits per heavy atom. The number of carbonyl (C=O) groups is 1. The Balaban J connectivity index is 2.75. The monoisotopic (exact) mass is 174 g/mol. The van der Waals surface area contributed by atoms with Crippen molar-refractivity contribution in [3.05, 3.63) is 11.6 Å². The second-order valence-electron chi connectivity index (χ2n) is 2.66. The molecule has 1 fully saturated rings. The van der Waals surface area contributed by atoms with E-state index in [1.54, 1.807) is 0 Å². The van der Waals surface area contributed by atoms with Crippen LogP contribution < -0.4 is 0 Å². The molecule has 0 atom stereocenters. The highest BCUT2D eigenvalue weighted by Crippen LogP contribution is 2.16. The lowest BCUT2D eigenvalue weighted by atomic mass is 10.1. The number of aldehydes is 1. The van der Waals surface area contributed by atoms with Crippen LogP contribution in [0.15, 0.2) is 11.6 Å². The van der Waals surface area contributed by atoms with Crippen molar-refractivity contribution < 1.29 is 13.2 Å². The fourth-order valence-corrected chi connectivity index (χ4v) is 2.71. The number of hydrogen-bond donors (Lipinski definition) is 0. The Labute approximate surface area is 66.0 Å². The summed E-state index contributed by atoms with van der Waals surface area (Å²) in [5, 5.41) is 0. The average Bonchev–Trinajstić information content (AvgIpc) is 1.85. The third-order valence-electron chi connectivity index (χ3n) is 1.66. The number of sulfone groups is 1. The number of carbonyl (C=O) groups excluding carboxylic acids is 1. The summed E-state index contributed by atoms with van der Waals surface area (Å²) in [4.78, 5) is 10.0. The molecule has 0 N–H and O–H groups in total. The van der Waals surface area contributed by atoms with Crippen molar-refractivity contribution in [3.63, 3.8) is 0 Å². The van der Waals surface area contributed by atoms with E-state index >= 15 is 0 Å². The van der Waals surface area contributed by atoms with Gasteiger partial charge in [-0.1, -0.05) is 5.57 Å². The van der Waals surface area contributed by atoms with Crippen molar-refractivity contribution >= 4 is 16.1 Å². The predicted molar refractivity (Wildman–Crippen MR) is 42.0 cm³/mol. The second-order valence-corrected chi connectivity index (χ2v) is 4.84. The molecule has 0 aromatic heterocycles. The minimum Gasteiger partial charge on any atom is -0.299 e. The van der Waals surface area contributed by atoms with Gasteiger partial charge in [-0.2, -0.15) is 0 Å². The van der Waals surface area contributed by atoms with Crippen LogP contribution in [0.4, 0.5) is 0 Å². The van der Waals surface area contributed by atoms with Gasteiger partial charge in [-0.25, -0.2) is 8.42 Å². The summed E-state index contributed by atoms with van der Waals surface area (Å²) < 4.78 is 22.0. The van der Waals surface area contributed by atoms with E-state index in [1.807, 2.05) is 0 Å². The van der Waals surface area contributed by atoms with Crippen LogP contribution >= 0.6 is 0 Å². The predicted octanol–water partition coefficient (Wildman–Crippen LogP) is 0.320. The average molecular weight is 174 g/mol. The Morgan fingerprint density at radius 3 is 2.64 bits per heavy atom. The van der Waals surface area contributed by atoms with E-state index in [-0.39, 0.29) is 11.5 Å². The van der Waals surface area contributed by atoms with E-state index in [1.165, 1.54) is 6.08 Å². The van der Waals surface area contributed by atoms with Crippen LogP contribution in [-0.2, 0) is 14.6 Å². The number of hydrogen-bond acceptors (Lipinski definition) is 3. The molecule has 0 aliphatic carbocycles. The van der Waals surface area contributed by atoms with Crippen LogP contribution in [0.25, 0.3) is 0 Å². The summed E-state index contributed by atoms with van der Waals surface area (Å²) in [6.45, 7) is 0. The standard InChI is InChI=1S/C7H10O3S/c8-4-3-7-2-1-5-11(9,10)6-7/h3-4H,1-2,5-6H2/b7-3+. The summed E-state index contributed by atoms with van der Waals surface area (Å²) >= 11 is 0. The largest absolute Gasteiger partial charge is 0.299 e. The molecule has 0 amide bonds. The van der Waals surface area contributed by atoms with E-state index in [0.29, 0.717) is 12.7 Å². The Morgan fingerprint density at radius 1 is 1.36 bits per heavy atom. The molecule has 1 saturated heterocycles. The molecule has 0 aromatic carbocycles. The van der Waals surface area contributed by atoms with Crippen LogP contribution in [0.5, 0.6) is 0 Å². The van der Waals surface area contributed by atoms with Crippen LogP contribution in [0.1, 0.15) is 12.8 Å². The van der Waals surface area contributed by atoms with Gasteiger partial charge in [0, 0.05) is 0 Å². The molecule has 4 heteroatoms. The van der Waals surface area contributed by atoms with Gasteiger partial charge in [0.15, 0.2) is 9.84 Å². The first-order valence-electron chi connectivity index (χ1n) is 3.48. The molecule has 0 saturated carbocycles. The van der Waals surface area contributed by atoms with Crippen molar-refractivity contribution in [2.24, 2.45) is 0 Å². The zero-order valence-corrected chi connectivity index (χ0v) is 6.93. The highest BCUT2D eigenvalue weighted by molar-refractivity contribution is 7.91. The topological polar surface area (TPSA) is 51.2 Å². The molecule has 1 aliphatic rings. The first-order chi connectivity index (χ1) is 5.14.